The summed E-state index contributed by atoms with van der Waals surface area (Å²) in [5, 5.41) is 1.81. The third-order valence-electron chi connectivity index (χ3n) is 2.44. The van der Waals surface area contributed by atoms with Gasteiger partial charge < -0.3 is 10.5 Å². The number of fused-ring (bicyclic) bond motifs is 1. The fourth-order valence-corrected chi connectivity index (χ4v) is 1.68. The lowest BCUT2D eigenvalue weighted by Crippen LogP contribution is -2.19. The molecule has 0 heterocycles. The molecule has 0 aliphatic heterocycles. The summed E-state index contributed by atoms with van der Waals surface area (Å²) < 4.78 is 4.50. The van der Waals surface area contributed by atoms with Crippen LogP contribution in [0.25, 0.3) is 10.8 Å². The van der Waals surface area contributed by atoms with E-state index in [4.69, 9.17) is 5.73 Å². The van der Waals surface area contributed by atoms with Crippen LogP contribution in [0, 0.1) is 0 Å². The molecule has 0 atom stereocenters. The van der Waals surface area contributed by atoms with Gasteiger partial charge >= 0.3 is 6.09 Å². The van der Waals surface area contributed by atoms with Gasteiger partial charge in [-0.3, -0.25) is 4.79 Å². The van der Waals surface area contributed by atoms with E-state index >= 15 is 0 Å². The van der Waals surface area contributed by atoms with Crippen LogP contribution in [0.2, 0.25) is 0 Å². The van der Waals surface area contributed by atoms with Gasteiger partial charge in [0, 0.05) is 5.56 Å². The highest BCUT2D eigenvalue weighted by molar-refractivity contribution is 6.09. The minimum Gasteiger partial charge on any atom is -0.441 e. The van der Waals surface area contributed by atoms with Gasteiger partial charge in [0.05, 0.1) is 0 Å². The van der Waals surface area contributed by atoms with Crippen LogP contribution in [0.4, 0.5) is 4.79 Å². The highest BCUT2D eigenvalue weighted by Gasteiger charge is 2.10. The highest BCUT2D eigenvalue weighted by atomic mass is 16.5. The maximum absolute atomic E-state index is 11.8. The number of hydrogen-bond acceptors (Lipinski definition) is 3. The molecule has 4 heteroatoms. The van der Waals surface area contributed by atoms with Crippen molar-refractivity contribution in [2.24, 2.45) is 5.73 Å². The van der Waals surface area contributed by atoms with Crippen molar-refractivity contribution in [2.45, 2.75) is 0 Å². The minimum atomic E-state index is -0.946. The quantitative estimate of drug-likeness (QED) is 0.819. The normalized spacial score (nSPS) is 10.1. The summed E-state index contributed by atoms with van der Waals surface area (Å²) in [6.07, 6.45) is -0.946. The van der Waals surface area contributed by atoms with Gasteiger partial charge in [-0.15, -0.1) is 0 Å². The first-order chi connectivity index (χ1) is 8.18. The van der Waals surface area contributed by atoms with E-state index in [1.807, 2.05) is 30.3 Å². The van der Waals surface area contributed by atoms with E-state index in [2.05, 4.69) is 4.74 Å². The van der Waals surface area contributed by atoms with Gasteiger partial charge in [0.15, 0.2) is 6.61 Å². The number of Topliss-reactive ketones (excluding diaryl/α,β-unsaturated/α-hetero) is 1. The van der Waals surface area contributed by atoms with Gasteiger partial charge in [-0.05, 0) is 10.8 Å². The molecule has 0 spiro atoms. The molecule has 0 aromatic heterocycles. The van der Waals surface area contributed by atoms with Gasteiger partial charge in [-0.2, -0.15) is 0 Å². The van der Waals surface area contributed by atoms with Crippen molar-refractivity contribution in [3.8, 4) is 0 Å². The second-order valence-corrected chi connectivity index (χ2v) is 3.56. The van der Waals surface area contributed by atoms with Crippen molar-refractivity contribution in [3.05, 3.63) is 48.0 Å². The predicted octanol–water partition coefficient (Wildman–Crippen LogP) is 2.12. The summed E-state index contributed by atoms with van der Waals surface area (Å²) >= 11 is 0. The smallest absolute Gasteiger partial charge is 0.404 e. The number of ether oxygens (including phenoxy) is 1. The summed E-state index contributed by atoms with van der Waals surface area (Å²) in [5.41, 5.74) is 5.35. The first kappa shape index (κ1) is 11.1. The molecule has 86 valence electrons. The Kier molecular flexibility index (Phi) is 3.05. The van der Waals surface area contributed by atoms with E-state index in [0.717, 1.165) is 10.8 Å². The lowest BCUT2D eigenvalue weighted by molar-refractivity contribution is 0.0859. The van der Waals surface area contributed by atoms with Crippen molar-refractivity contribution < 1.29 is 14.3 Å². The molecule has 2 aromatic rings. The fourth-order valence-electron chi connectivity index (χ4n) is 1.68. The maximum Gasteiger partial charge on any atom is 0.404 e. The van der Waals surface area contributed by atoms with Crippen LogP contribution in [0.1, 0.15) is 10.4 Å². The van der Waals surface area contributed by atoms with Crippen LogP contribution in [-0.2, 0) is 4.74 Å². The number of amides is 1. The molecular formula is C13H11NO3. The van der Waals surface area contributed by atoms with E-state index in [9.17, 15) is 9.59 Å². The molecule has 1 amide bonds. The molecule has 2 N–H and O–H groups in total. The lowest BCUT2D eigenvalue weighted by atomic mass is 10.0. The molecule has 0 bridgehead atoms. The van der Waals surface area contributed by atoms with E-state index in [0.29, 0.717) is 5.56 Å². The summed E-state index contributed by atoms with van der Waals surface area (Å²) in [4.78, 5) is 22.3. The average molecular weight is 229 g/mol. The zero-order valence-corrected chi connectivity index (χ0v) is 9.05. The number of nitrogens with two attached hydrogens (primary N) is 1. The Bertz CT molecular complexity index is 572. The molecule has 4 nitrogen and oxygen atoms in total. The van der Waals surface area contributed by atoms with E-state index < -0.39 is 6.09 Å². The van der Waals surface area contributed by atoms with Gasteiger partial charge in [0.2, 0.25) is 5.78 Å². The average Bonchev–Trinajstić information content (AvgIpc) is 2.35. The molecule has 0 aliphatic carbocycles. The molecule has 2 rings (SSSR count). The Morgan fingerprint density at radius 1 is 1.06 bits per heavy atom. The van der Waals surface area contributed by atoms with Crippen molar-refractivity contribution in [1.29, 1.82) is 0 Å². The number of rotatable bonds is 3. The maximum atomic E-state index is 11.8. The van der Waals surface area contributed by atoms with Crippen molar-refractivity contribution in [2.75, 3.05) is 6.61 Å². The topological polar surface area (TPSA) is 69.4 Å². The second-order valence-electron chi connectivity index (χ2n) is 3.56. The van der Waals surface area contributed by atoms with Gasteiger partial charge in [0.25, 0.3) is 0 Å². The predicted molar refractivity (Wildman–Crippen MR) is 63.8 cm³/mol. The third-order valence-corrected chi connectivity index (χ3v) is 2.44. The molecule has 0 saturated carbocycles. The lowest BCUT2D eigenvalue weighted by Gasteiger charge is -2.05. The molecule has 17 heavy (non-hydrogen) atoms. The Hall–Kier alpha value is -2.36. The largest absolute Gasteiger partial charge is 0.441 e. The van der Waals surface area contributed by atoms with Gasteiger partial charge in [0.1, 0.15) is 0 Å². The van der Waals surface area contributed by atoms with Gasteiger partial charge in [-0.25, -0.2) is 4.79 Å². The molecule has 0 fully saturated rings. The third kappa shape index (κ3) is 2.42. The summed E-state index contributed by atoms with van der Waals surface area (Å²) in [5.74, 6) is -0.263. The fraction of sp³-hybridized carbons (Fsp3) is 0.0769. The number of hydrogen-bond donors (Lipinski definition) is 1. The summed E-state index contributed by atoms with van der Waals surface area (Å²) in [6.45, 7) is -0.330. The van der Waals surface area contributed by atoms with Crippen molar-refractivity contribution in [3.63, 3.8) is 0 Å². The van der Waals surface area contributed by atoms with Crippen LogP contribution >= 0.6 is 0 Å². The number of carbonyl (C=O) groups excluding carboxylic acids is 2. The zero-order valence-electron chi connectivity index (χ0n) is 9.05. The zero-order chi connectivity index (χ0) is 12.3. The molecule has 0 aliphatic rings. The highest BCUT2D eigenvalue weighted by Crippen LogP contribution is 2.18. The molecule has 0 radical (unpaired) electrons. The van der Waals surface area contributed by atoms with Crippen LogP contribution in [0.3, 0.4) is 0 Å². The van der Waals surface area contributed by atoms with Crippen LogP contribution < -0.4 is 5.73 Å². The SMILES string of the molecule is NC(=O)OCC(=O)c1cccc2ccccc12. The standard InChI is InChI=1S/C13H11NO3/c14-13(16)17-8-12(15)11-7-3-5-9-4-1-2-6-10(9)11/h1-7H,8H2,(H2,14,16). The Balaban J connectivity index is 2.35. The molecule has 0 unspecified atom stereocenters. The monoisotopic (exact) mass is 229 g/mol. The van der Waals surface area contributed by atoms with E-state index in [1.165, 1.54) is 0 Å². The first-order valence-corrected chi connectivity index (χ1v) is 5.11. The summed E-state index contributed by atoms with van der Waals surface area (Å²) in [6, 6.07) is 12.9. The van der Waals surface area contributed by atoms with Crippen molar-refractivity contribution in [1.82, 2.24) is 0 Å². The van der Waals surface area contributed by atoms with Crippen molar-refractivity contribution >= 4 is 22.6 Å². The van der Waals surface area contributed by atoms with E-state index in [1.54, 1.807) is 12.1 Å². The summed E-state index contributed by atoms with van der Waals surface area (Å²) in [7, 11) is 0. The van der Waals surface area contributed by atoms with Crippen LogP contribution in [-0.4, -0.2) is 18.5 Å². The molecular weight excluding hydrogens is 218 g/mol. The van der Waals surface area contributed by atoms with Crippen LogP contribution in [0.15, 0.2) is 42.5 Å². The number of carbonyl (C=O) groups is 2. The first-order valence-electron chi connectivity index (χ1n) is 5.11. The molecule has 0 saturated heterocycles. The molecule has 2 aromatic carbocycles. The second kappa shape index (κ2) is 4.65. The number of ketones is 1. The van der Waals surface area contributed by atoms with E-state index in [-0.39, 0.29) is 12.4 Å². The number of primary amides is 1. The Morgan fingerprint density at radius 3 is 2.53 bits per heavy atom. The van der Waals surface area contributed by atoms with Crippen LogP contribution in [0.5, 0.6) is 0 Å². The van der Waals surface area contributed by atoms with Gasteiger partial charge in [-0.1, -0.05) is 42.5 Å². The minimum absolute atomic E-state index is 0.263. The Labute approximate surface area is 98.0 Å². The Morgan fingerprint density at radius 2 is 1.76 bits per heavy atom. The number of benzene rings is 2.